The van der Waals surface area contributed by atoms with Crippen LogP contribution in [0.1, 0.15) is 27.2 Å². The molecule has 1 N–H and O–H groups in total. The lowest BCUT2D eigenvalue weighted by molar-refractivity contribution is -0.0150. The fourth-order valence-corrected chi connectivity index (χ4v) is 3.64. The van der Waals surface area contributed by atoms with Gasteiger partial charge in [-0.25, -0.2) is 4.79 Å². The Bertz CT molecular complexity index is 294. The maximum absolute atomic E-state index is 11.7. The number of ether oxygens (including phenoxy) is 1. The van der Waals surface area contributed by atoms with E-state index in [2.05, 4.69) is 0 Å². The van der Waals surface area contributed by atoms with Crippen molar-refractivity contribution in [3.05, 3.63) is 0 Å². The molecule has 4 nitrogen and oxygen atoms in total. The fourth-order valence-electron chi connectivity index (χ4n) is 2.09. The van der Waals surface area contributed by atoms with Crippen molar-refractivity contribution in [1.82, 2.24) is 4.90 Å². The molecule has 1 unspecified atom stereocenters. The molecule has 2 rings (SSSR count). The van der Waals surface area contributed by atoms with E-state index in [0.717, 1.165) is 12.2 Å². The molecule has 2 heterocycles. The van der Waals surface area contributed by atoms with Gasteiger partial charge in [-0.05, 0) is 32.9 Å². The van der Waals surface area contributed by atoms with Crippen LogP contribution in [0.25, 0.3) is 0 Å². The molecule has 0 radical (unpaired) electrons. The molecule has 2 fully saturated rings. The maximum Gasteiger partial charge on any atom is 0.410 e. The van der Waals surface area contributed by atoms with Gasteiger partial charge in [-0.2, -0.15) is 0 Å². The summed E-state index contributed by atoms with van der Waals surface area (Å²) in [5.74, 6) is 0.989. The largest absolute Gasteiger partial charge is 0.444 e. The predicted molar refractivity (Wildman–Crippen MR) is 63.6 cm³/mol. The Morgan fingerprint density at radius 2 is 2.12 bits per heavy atom. The first-order valence-electron chi connectivity index (χ1n) is 5.62. The minimum Gasteiger partial charge on any atom is -0.444 e. The van der Waals surface area contributed by atoms with Crippen LogP contribution < -0.4 is 0 Å². The van der Waals surface area contributed by atoms with Crippen molar-refractivity contribution in [2.45, 2.75) is 43.6 Å². The fraction of sp³-hybridized carbons (Fsp3) is 0.909. The number of rotatable bonds is 0. The van der Waals surface area contributed by atoms with Crippen molar-refractivity contribution in [1.29, 1.82) is 0 Å². The standard InChI is InChI=1S/C11H19NO3S/c1-10(2,3)15-9(14)12-6-11(7-12)8(13)4-5-16-11/h8,13H,4-7H2,1-3H3. The van der Waals surface area contributed by atoms with Gasteiger partial charge in [0.25, 0.3) is 0 Å². The predicted octanol–water partition coefficient (Wildman–Crippen LogP) is 1.47. The Kier molecular flexibility index (Phi) is 2.87. The van der Waals surface area contributed by atoms with Crippen LogP contribution in [-0.2, 0) is 4.74 Å². The first-order valence-corrected chi connectivity index (χ1v) is 6.61. The number of nitrogens with zero attached hydrogens (tertiary/aromatic N) is 1. The Labute approximate surface area is 100 Å². The van der Waals surface area contributed by atoms with Crippen LogP contribution in [0.15, 0.2) is 0 Å². The Hall–Kier alpha value is -0.420. The summed E-state index contributed by atoms with van der Waals surface area (Å²) in [4.78, 5) is 13.4. The first kappa shape index (κ1) is 12.0. The van der Waals surface area contributed by atoms with Gasteiger partial charge in [-0.15, -0.1) is 11.8 Å². The molecule has 0 aromatic heterocycles. The lowest BCUT2D eigenvalue weighted by atomic mass is 9.92. The number of thioether (sulfide) groups is 1. The Morgan fingerprint density at radius 1 is 1.50 bits per heavy atom. The number of carbonyl (C=O) groups excluding carboxylic acids is 1. The van der Waals surface area contributed by atoms with E-state index in [4.69, 9.17) is 4.74 Å². The van der Waals surface area contributed by atoms with E-state index in [1.807, 2.05) is 20.8 Å². The van der Waals surface area contributed by atoms with Crippen molar-refractivity contribution < 1.29 is 14.6 Å². The summed E-state index contributed by atoms with van der Waals surface area (Å²) in [7, 11) is 0. The molecular weight excluding hydrogens is 226 g/mol. The molecular formula is C11H19NO3S. The second-order valence-corrected chi connectivity index (χ2v) is 7.06. The van der Waals surface area contributed by atoms with E-state index in [1.165, 1.54) is 0 Å². The highest BCUT2D eigenvalue weighted by atomic mass is 32.2. The monoisotopic (exact) mass is 245 g/mol. The van der Waals surface area contributed by atoms with Crippen LogP contribution in [0.2, 0.25) is 0 Å². The van der Waals surface area contributed by atoms with Crippen molar-refractivity contribution in [2.24, 2.45) is 0 Å². The molecule has 92 valence electrons. The normalized spacial score (nSPS) is 28.0. The maximum atomic E-state index is 11.7. The number of aliphatic hydroxyl groups excluding tert-OH is 1. The number of likely N-dealkylation sites (tertiary alicyclic amines) is 1. The number of carbonyl (C=O) groups is 1. The van der Waals surface area contributed by atoms with Gasteiger partial charge in [-0.1, -0.05) is 0 Å². The van der Waals surface area contributed by atoms with Gasteiger partial charge in [0.05, 0.1) is 10.9 Å². The van der Waals surface area contributed by atoms with E-state index in [1.54, 1.807) is 16.7 Å². The third-order valence-electron chi connectivity index (χ3n) is 2.96. The zero-order chi connectivity index (χ0) is 12.0. The molecule has 1 amide bonds. The number of aliphatic hydroxyl groups is 1. The molecule has 0 saturated carbocycles. The van der Waals surface area contributed by atoms with Crippen LogP contribution >= 0.6 is 11.8 Å². The van der Waals surface area contributed by atoms with Crippen molar-refractivity contribution in [3.63, 3.8) is 0 Å². The second kappa shape index (κ2) is 3.81. The van der Waals surface area contributed by atoms with Crippen molar-refractivity contribution in [2.75, 3.05) is 18.8 Å². The molecule has 16 heavy (non-hydrogen) atoms. The number of hydrogen-bond donors (Lipinski definition) is 1. The average Bonchev–Trinajstić information content (AvgIpc) is 2.40. The molecule has 1 atom stereocenters. The van der Waals surface area contributed by atoms with Gasteiger partial charge in [-0.3, -0.25) is 0 Å². The van der Waals surface area contributed by atoms with Crippen LogP contribution in [0.5, 0.6) is 0 Å². The van der Waals surface area contributed by atoms with Gasteiger partial charge in [0.1, 0.15) is 5.60 Å². The summed E-state index contributed by atoms with van der Waals surface area (Å²) in [5, 5.41) is 9.83. The van der Waals surface area contributed by atoms with Gasteiger partial charge >= 0.3 is 6.09 Å². The average molecular weight is 245 g/mol. The lowest BCUT2D eigenvalue weighted by Crippen LogP contribution is -2.65. The highest BCUT2D eigenvalue weighted by Gasteiger charge is 2.54. The number of hydrogen-bond acceptors (Lipinski definition) is 4. The summed E-state index contributed by atoms with van der Waals surface area (Å²) < 4.78 is 5.18. The highest BCUT2D eigenvalue weighted by molar-refractivity contribution is 8.01. The van der Waals surface area contributed by atoms with Gasteiger partial charge < -0.3 is 14.7 Å². The summed E-state index contributed by atoms with van der Waals surface area (Å²) in [6, 6.07) is 0. The third kappa shape index (κ3) is 2.15. The van der Waals surface area contributed by atoms with E-state index in [0.29, 0.717) is 13.1 Å². The van der Waals surface area contributed by atoms with Gasteiger partial charge in [0, 0.05) is 13.1 Å². The van der Waals surface area contributed by atoms with Crippen LogP contribution in [0.4, 0.5) is 4.79 Å². The summed E-state index contributed by atoms with van der Waals surface area (Å²) in [6.07, 6.45) is 0.307. The van der Waals surface area contributed by atoms with Crippen molar-refractivity contribution >= 4 is 17.9 Å². The van der Waals surface area contributed by atoms with Crippen LogP contribution in [0, 0.1) is 0 Å². The second-order valence-electron chi connectivity index (χ2n) is 5.55. The molecule has 0 aliphatic carbocycles. The Balaban J connectivity index is 1.86. The van der Waals surface area contributed by atoms with Crippen LogP contribution in [-0.4, -0.2) is 51.4 Å². The minimum atomic E-state index is -0.443. The molecule has 5 heteroatoms. The first-order chi connectivity index (χ1) is 7.32. The molecule has 2 aliphatic rings. The summed E-state index contributed by atoms with van der Waals surface area (Å²) >= 11 is 1.78. The highest BCUT2D eigenvalue weighted by Crippen LogP contribution is 2.45. The minimum absolute atomic E-state index is 0.100. The quantitative estimate of drug-likeness (QED) is 0.702. The van der Waals surface area contributed by atoms with Crippen LogP contribution in [0.3, 0.4) is 0 Å². The van der Waals surface area contributed by atoms with E-state index >= 15 is 0 Å². The third-order valence-corrected chi connectivity index (χ3v) is 4.50. The van der Waals surface area contributed by atoms with E-state index in [-0.39, 0.29) is 16.9 Å². The Morgan fingerprint density at radius 3 is 2.56 bits per heavy atom. The van der Waals surface area contributed by atoms with Gasteiger partial charge in [0.15, 0.2) is 0 Å². The summed E-state index contributed by atoms with van der Waals surface area (Å²) in [5.41, 5.74) is -0.443. The van der Waals surface area contributed by atoms with Gasteiger partial charge in [0.2, 0.25) is 0 Å². The molecule has 0 bridgehead atoms. The SMILES string of the molecule is CC(C)(C)OC(=O)N1CC2(C1)SCCC2O. The number of amides is 1. The summed E-state index contributed by atoms with van der Waals surface area (Å²) in [6.45, 7) is 6.82. The molecule has 0 aromatic rings. The van der Waals surface area contributed by atoms with E-state index in [9.17, 15) is 9.90 Å². The topological polar surface area (TPSA) is 49.8 Å². The molecule has 0 aromatic carbocycles. The smallest absolute Gasteiger partial charge is 0.410 e. The zero-order valence-electron chi connectivity index (χ0n) is 10.0. The van der Waals surface area contributed by atoms with Crippen molar-refractivity contribution in [3.8, 4) is 0 Å². The zero-order valence-corrected chi connectivity index (χ0v) is 10.8. The molecule has 2 saturated heterocycles. The molecule has 2 aliphatic heterocycles. The van der Waals surface area contributed by atoms with E-state index < -0.39 is 5.60 Å². The lowest BCUT2D eigenvalue weighted by Gasteiger charge is -2.48. The molecule has 1 spiro atoms.